The molecule has 2 aliphatic rings. The molecule has 2 heterocycles. The van der Waals surface area contributed by atoms with Crippen molar-refractivity contribution in [3.05, 3.63) is 193 Å². The molecule has 244 valence electrons. The van der Waals surface area contributed by atoms with Crippen molar-refractivity contribution in [2.75, 3.05) is 4.90 Å². The van der Waals surface area contributed by atoms with Crippen LogP contribution in [0.3, 0.4) is 0 Å². The van der Waals surface area contributed by atoms with E-state index in [0.29, 0.717) is 5.92 Å². The molecule has 1 aromatic heterocycles. The van der Waals surface area contributed by atoms with E-state index >= 15 is 0 Å². The maximum absolute atomic E-state index is 2.49. The second kappa shape index (κ2) is 11.7. The molecule has 0 radical (unpaired) electrons. The number of hydrogen-bond donors (Lipinski definition) is 0. The molecular formula is C50H33NS. The van der Waals surface area contributed by atoms with E-state index < -0.39 is 0 Å². The van der Waals surface area contributed by atoms with Crippen molar-refractivity contribution in [1.82, 2.24) is 0 Å². The van der Waals surface area contributed by atoms with E-state index in [-0.39, 0.29) is 0 Å². The zero-order valence-electron chi connectivity index (χ0n) is 28.5. The van der Waals surface area contributed by atoms with Gasteiger partial charge in [-0.3, -0.25) is 0 Å². The van der Waals surface area contributed by atoms with Crippen LogP contribution in [0, 0.1) is 0 Å². The molecule has 0 fully saturated rings. The number of fused-ring (bicyclic) bond motifs is 8. The van der Waals surface area contributed by atoms with Crippen LogP contribution in [0.1, 0.15) is 17.9 Å². The minimum atomic E-state index is 0.333. The van der Waals surface area contributed by atoms with Crippen molar-refractivity contribution in [3.8, 4) is 33.4 Å². The summed E-state index contributed by atoms with van der Waals surface area (Å²) >= 11 is 1.90. The summed E-state index contributed by atoms with van der Waals surface area (Å²) in [4.78, 5) is 2.49. The van der Waals surface area contributed by atoms with Crippen LogP contribution in [0.5, 0.6) is 0 Å². The fourth-order valence-electron chi connectivity index (χ4n) is 8.87. The molecule has 0 amide bonds. The third kappa shape index (κ3) is 4.41. The van der Waals surface area contributed by atoms with Gasteiger partial charge in [0, 0.05) is 43.2 Å². The lowest BCUT2D eigenvalue weighted by atomic mass is 9.86. The predicted molar refractivity (Wildman–Crippen MR) is 224 cm³/mol. The van der Waals surface area contributed by atoms with Gasteiger partial charge in [-0.2, -0.15) is 0 Å². The number of rotatable bonds is 4. The SMILES string of the molecule is C1=CCC2C(=C1)N(c1ccc(-c3c4ccccc4c(-c4ccccc4)c4ccccc34)cc1)c1ccc(-c3cccc4c3sc3ccccc34)cc12. The Hall–Kier alpha value is -6.22. The standard InChI is InChI=1S/C50H33NS/c1-2-13-32(14-3-1)48-39-17-4-6-19-41(39)49(42-20-7-5-18-40(42)48)33-25-28-35(29-26-33)51-45-23-10-8-15-37(45)44-31-34(27-30-46(44)51)36-21-12-22-43-38-16-9-11-24-47(38)52-50(36)43/h1-14,16-31,37H,15H2. The number of allylic oxidation sites excluding steroid dienone is 4. The van der Waals surface area contributed by atoms with Crippen LogP contribution < -0.4 is 4.90 Å². The first kappa shape index (κ1) is 29.5. The van der Waals surface area contributed by atoms with Crippen LogP contribution in [0.2, 0.25) is 0 Å². The van der Waals surface area contributed by atoms with Gasteiger partial charge in [0.1, 0.15) is 0 Å². The highest BCUT2D eigenvalue weighted by Crippen LogP contribution is 2.53. The molecule has 0 spiro atoms. The fourth-order valence-corrected chi connectivity index (χ4v) is 10.1. The highest BCUT2D eigenvalue weighted by atomic mass is 32.1. The van der Waals surface area contributed by atoms with Crippen LogP contribution in [0.15, 0.2) is 188 Å². The summed E-state index contributed by atoms with van der Waals surface area (Å²) in [7, 11) is 0. The van der Waals surface area contributed by atoms with Crippen molar-refractivity contribution < 1.29 is 0 Å². The van der Waals surface area contributed by atoms with Crippen molar-refractivity contribution in [3.63, 3.8) is 0 Å². The Balaban J connectivity index is 1.03. The van der Waals surface area contributed by atoms with Gasteiger partial charge in [0.05, 0.1) is 0 Å². The molecule has 0 saturated carbocycles. The first-order valence-corrected chi connectivity index (χ1v) is 18.9. The van der Waals surface area contributed by atoms with Gasteiger partial charge in [-0.1, -0.05) is 146 Å². The third-order valence-corrected chi connectivity index (χ3v) is 12.4. The van der Waals surface area contributed by atoms with Crippen LogP contribution in [-0.2, 0) is 0 Å². The lowest BCUT2D eigenvalue weighted by molar-refractivity contribution is 0.820. The number of hydrogen-bond acceptors (Lipinski definition) is 2. The number of benzene rings is 8. The Bertz CT molecular complexity index is 2870. The molecule has 8 aromatic carbocycles. The molecule has 11 rings (SSSR count). The van der Waals surface area contributed by atoms with Crippen LogP contribution in [0.4, 0.5) is 11.4 Å². The number of thiophene rings is 1. The minimum absolute atomic E-state index is 0.333. The van der Waals surface area contributed by atoms with E-state index in [2.05, 4.69) is 187 Å². The lowest BCUT2D eigenvalue weighted by Gasteiger charge is -2.25. The molecule has 9 aromatic rings. The summed E-state index contributed by atoms with van der Waals surface area (Å²) in [6.07, 6.45) is 7.87. The van der Waals surface area contributed by atoms with Crippen molar-refractivity contribution in [1.29, 1.82) is 0 Å². The second-order valence-electron chi connectivity index (χ2n) is 14.0. The van der Waals surface area contributed by atoms with Crippen molar-refractivity contribution >= 4 is 64.4 Å². The number of anilines is 2. The van der Waals surface area contributed by atoms with Crippen LogP contribution in [0.25, 0.3) is 75.1 Å². The van der Waals surface area contributed by atoms with E-state index in [9.17, 15) is 0 Å². The van der Waals surface area contributed by atoms with Gasteiger partial charge < -0.3 is 4.90 Å². The van der Waals surface area contributed by atoms with Crippen LogP contribution >= 0.6 is 11.3 Å². The highest BCUT2D eigenvalue weighted by molar-refractivity contribution is 7.26. The molecule has 1 nitrogen and oxygen atoms in total. The Morgan fingerprint density at radius 1 is 0.500 bits per heavy atom. The topological polar surface area (TPSA) is 3.24 Å². The Labute approximate surface area is 307 Å². The van der Waals surface area contributed by atoms with E-state index in [1.165, 1.54) is 97.7 Å². The predicted octanol–water partition coefficient (Wildman–Crippen LogP) is 14.4. The zero-order chi connectivity index (χ0) is 34.2. The molecule has 1 aliphatic carbocycles. The molecule has 0 bridgehead atoms. The zero-order valence-corrected chi connectivity index (χ0v) is 29.3. The van der Waals surface area contributed by atoms with Crippen LogP contribution in [-0.4, -0.2) is 0 Å². The monoisotopic (exact) mass is 679 g/mol. The van der Waals surface area contributed by atoms with Gasteiger partial charge in [-0.25, -0.2) is 0 Å². The molecule has 0 N–H and O–H groups in total. The second-order valence-corrected chi connectivity index (χ2v) is 15.0. The molecular weight excluding hydrogens is 647 g/mol. The minimum Gasteiger partial charge on any atom is -0.313 e. The fraction of sp³-hybridized carbons (Fsp3) is 0.0400. The summed E-state index contributed by atoms with van der Waals surface area (Å²) in [6.45, 7) is 0. The third-order valence-electron chi connectivity index (χ3n) is 11.2. The average molecular weight is 680 g/mol. The molecule has 1 unspecified atom stereocenters. The molecule has 2 heteroatoms. The van der Waals surface area contributed by atoms with E-state index in [4.69, 9.17) is 0 Å². The molecule has 1 aliphatic heterocycles. The molecule has 1 atom stereocenters. The Morgan fingerprint density at radius 2 is 1.10 bits per heavy atom. The summed E-state index contributed by atoms with van der Waals surface area (Å²) < 4.78 is 2.71. The molecule has 0 saturated heterocycles. The van der Waals surface area contributed by atoms with Crippen molar-refractivity contribution in [2.24, 2.45) is 0 Å². The maximum atomic E-state index is 2.49. The normalized spacial score (nSPS) is 15.0. The largest absolute Gasteiger partial charge is 0.313 e. The quantitative estimate of drug-likeness (QED) is 0.167. The summed E-state index contributed by atoms with van der Waals surface area (Å²) in [5.41, 5.74) is 12.9. The van der Waals surface area contributed by atoms with Gasteiger partial charge in [-0.15, -0.1) is 11.3 Å². The Kier molecular flexibility index (Phi) is 6.62. The first-order chi connectivity index (χ1) is 25.8. The smallest absolute Gasteiger partial charge is 0.0497 e. The summed E-state index contributed by atoms with van der Waals surface area (Å²) in [5, 5.41) is 7.81. The number of nitrogens with zero attached hydrogens (tertiary/aromatic N) is 1. The average Bonchev–Trinajstić information content (AvgIpc) is 3.76. The molecule has 52 heavy (non-hydrogen) atoms. The van der Waals surface area contributed by atoms with Gasteiger partial charge in [0.15, 0.2) is 0 Å². The maximum Gasteiger partial charge on any atom is 0.0497 e. The van der Waals surface area contributed by atoms with E-state index in [1.807, 2.05) is 11.3 Å². The highest BCUT2D eigenvalue weighted by Gasteiger charge is 2.35. The van der Waals surface area contributed by atoms with Gasteiger partial charge >= 0.3 is 0 Å². The van der Waals surface area contributed by atoms with E-state index in [0.717, 1.165) is 6.42 Å². The van der Waals surface area contributed by atoms with E-state index in [1.54, 1.807) is 0 Å². The lowest BCUT2D eigenvalue weighted by Crippen LogP contribution is -2.14. The Morgan fingerprint density at radius 3 is 1.81 bits per heavy atom. The van der Waals surface area contributed by atoms with Gasteiger partial charge in [0.25, 0.3) is 0 Å². The summed E-state index contributed by atoms with van der Waals surface area (Å²) in [6, 6.07) is 60.6. The van der Waals surface area contributed by atoms with Gasteiger partial charge in [0.2, 0.25) is 0 Å². The first-order valence-electron chi connectivity index (χ1n) is 18.1. The van der Waals surface area contributed by atoms with Crippen molar-refractivity contribution in [2.45, 2.75) is 12.3 Å². The summed E-state index contributed by atoms with van der Waals surface area (Å²) in [5.74, 6) is 0.333. The van der Waals surface area contributed by atoms with Gasteiger partial charge in [-0.05, 0) is 103 Å².